The molecule has 0 saturated carbocycles. The zero-order chi connectivity index (χ0) is 18.8. The Hall–Kier alpha value is -3.39. The number of nitrogens with one attached hydrogen (secondary N) is 1. The molecular formula is C19H12F2N4OS. The zero-order valence-electron chi connectivity index (χ0n) is 13.8. The molecule has 0 aliphatic carbocycles. The molecule has 4 rings (SSSR count). The predicted molar refractivity (Wildman–Crippen MR) is 99.0 cm³/mol. The molecule has 27 heavy (non-hydrogen) atoms. The van der Waals surface area contributed by atoms with E-state index in [1.807, 2.05) is 6.07 Å². The third-order valence-electron chi connectivity index (χ3n) is 3.81. The van der Waals surface area contributed by atoms with Crippen LogP contribution in [0.15, 0.2) is 66.3 Å². The first-order valence-corrected chi connectivity index (χ1v) is 8.80. The SMILES string of the molecule is O=C(Nc1nc(-c2cc(F)ccc2F)cs1)c1cccc(-n2cccn2)c1. The normalized spacial score (nSPS) is 10.7. The number of halogens is 2. The lowest BCUT2D eigenvalue weighted by molar-refractivity contribution is 0.102. The molecule has 1 N–H and O–H groups in total. The van der Waals surface area contributed by atoms with Crippen molar-refractivity contribution in [2.45, 2.75) is 0 Å². The van der Waals surface area contributed by atoms with Crippen LogP contribution in [0.5, 0.6) is 0 Å². The zero-order valence-corrected chi connectivity index (χ0v) is 14.6. The average Bonchev–Trinajstić information content (AvgIpc) is 3.36. The number of aromatic nitrogens is 3. The summed E-state index contributed by atoms with van der Waals surface area (Å²) in [6, 6.07) is 11.9. The van der Waals surface area contributed by atoms with Gasteiger partial charge in [-0.25, -0.2) is 18.4 Å². The highest BCUT2D eigenvalue weighted by molar-refractivity contribution is 7.14. The summed E-state index contributed by atoms with van der Waals surface area (Å²) in [5, 5.41) is 8.67. The van der Waals surface area contributed by atoms with Crippen molar-refractivity contribution in [1.82, 2.24) is 14.8 Å². The van der Waals surface area contributed by atoms with Crippen LogP contribution in [-0.2, 0) is 0 Å². The molecule has 0 spiro atoms. The van der Waals surface area contributed by atoms with Crippen LogP contribution < -0.4 is 5.32 Å². The van der Waals surface area contributed by atoms with Crippen molar-refractivity contribution in [3.63, 3.8) is 0 Å². The minimum absolute atomic E-state index is 0.0485. The summed E-state index contributed by atoms with van der Waals surface area (Å²) >= 11 is 1.13. The van der Waals surface area contributed by atoms with Crippen LogP contribution in [0.2, 0.25) is 0 Å². The quantitative estimate of drug-likeness (QED) is 0.564. The number of thiazole rings is 1. The van der Waals surface area contributed by atoms with Crippen LogP contribution in [0.1, 0.15) is 10.4 Å². The Bertz CT molecular complexity index is 1110. The lowest BCUT2D eigenvalue weighted by Crippen LogP contribution is -2.12. The summed E-state index contributed by atoms with van der Waals surface area (Å²) < 4.78 is 28.9. The Morgan fingerprint density at radius 3 is 2.81 bits per heavy atom. The number of hydrogen-bond acceptors (Lipinski definition) is 4. The predicted octanol–water partition coefficient (Wildman–Crippen LogP) is 4.53. The number of anilines is 1. The third kappa shape index (κ3) is 3.61. The number of rotatable bonds is 4. The maximum Gasteiger partial charge on any atom is 0.257 e. The maximum atomic E-state index is 13.9. The Morgan fingerprint density at radius 1 is 1.11 bits per heavy atom. The van der Waals surface area contributed by atoms with Crippen molar-refractivity contribution in [2.75, 3.05) is 5.32 Å². The van der Waals surface area contributed by atoms with E-state index in [1.165, 1.54) is 0 Å². The molecule has 0 fully saturated rings. The molecule has 0 unspecified atom stereocenters. The minimum Gasteiger partial charge on any atom is -0.298 e. The van der Waals surface area contributed by atoms with Crippen LogP contribution in [0, 0.1) is 11.6 Å². The fraction of sp³-hybridized carbons (Fsp3) is 0. The van der Waals surface area contributed by atoms with E-state index in [0.717, 1.165) is 35.2 Å². The standard InChI is InChI=1S/C19H12F2N4OS/c20-13-5-6-16(21)15(10-13)17-11-27-19(23-17)24-18(26)12-3-1-4-14(9-12)25-8-2-7-22-25/h1-11H,(H,23,24,26). The van der Waals surface area contributed by atoms with Gasteiger partial charge in [0.15, 0.2) is 5.13 Å². The topological polar surface area (TPSA) is 59.8 Å². The first-order chi connectivity index (χ1) is 13.1. The Kier molecular flexibility index (Phi) is 4.47. The smallest absolute Gasteiger partial charge is 0.257 e. The Balaban J connectivity index is 1.55. The molecule has 2 heterocycles. The number of carbonyl (C=O) groups excluding carboxylic acids is 1. The van der Waals surface area contributed by atoms with Crippen LogP contribution in [0.3, 0.4) is 0 Å². The van der Waals surface area contributed by atoms with Crippen molar-refractivity contribution in [2.24, 2.45) is 0 Å². The van der Waals surface area contributed by atoms with Crippen molar-refractivity contribution in [3.05, 3.63) is 83.5 Å². The number of carbonyl (C=O) groups is 1. The van der Waals surface area contributed by atoms with Gasteiger partial charge in [0.25, 0.3) is 5.91 Å². The average molecular weight is 382 g/mol. The van der Waals surface area contributed by atoms with Gasteiger partial charge < -0.3 is 0 Å². The lowest BCUT2D eigenvalue weighted by atomic mass is 10.1. The Labute approximate surface area is 156 Å². The van der Waals surface area contributed by atoms with Gasteiger partial charge in [0.05, 0.1) is 11.4 Å². The van der Waals surface area contributed by atoms with Gasteiger partial charge in [0, 0.05) is 28.9 Å². The molecule has 1 amide bonds. The molecule has 2 aromatic carbocycles. The summed E-state index contributed by atoms with van der Waals surface area (Å²) in [4.78, 5) is 16.7. The summed E-state index contributed by atoms with van der Waals surface area (Å²) in [6.45, 7) is 0. The van der Waals surface area contributed by atoms with E-state index in [-0.39, 0.29) is 17.2 Å². The fourth-order valence-electron chi connectivity index (χ4n) is 2.53. The highest BCUT2D eigenvalue weighted by atomic mass is 32.1. The second-order valence-electron chi connectivity index (χ2n) is 5.62. The second kappa shape index (κ2) is 7.08. The van der Waals surface area contributed by atoms with Crippen molar-refractivity contribution < 1.29 is 13.6 Å². The number of nitrogens with zero attached hydrogens (tertiary/aromatic N) is 3. The molecule has 0 radical (unpaired) electrons. The lowest BCUT2D eigenvalue weighted by Gasteiger charge is -2.05. The summed E-state index contributed by atoms with van der Waals surface area (Å²) in [6.07, 6.45) is 3.42. The monoisotopic (exact) mass is 382 g/mol. The van der Waals surface area contributed by atoms with Gasteiger partial charge in [-0.1, -0.05) is 6.07 Å². The van der Waals surface area contributed by atoms with E-state index in [2.05, 4.69) is 15.4 Å². The minimum atomic E-state index is -0.577. The van der Waals surface area contributed by atoms with E-state index >= 15 is 0 Å². The van der Waals surface area contributed by atoms with Gasteiger partial charge in [0.2, 0.25) is 0 Å². The van der Waals surface area contributed by atoms with Gasteiger partial charge in [0.1, 0.15) is 11.6 Å². The van der Waals surface area contributed by atoms with Crippen molar-refractivity contribution in [3.8, 4) is 16.9 Å². The van der Waals surface area contributed by atoms with Gasteiger partial charge in [-0.15, -0.1) is 11.3 Å². The number of benzene rings is 2. The van der Waals surface area contributed by atoms with Crippen LogP contribution >= 0.6 is 11.3 Å². The molecule has 0 bridgehead atoms. The van der Waals surface area contributed by atoms with E-state index in [0.29, 0.717) is 10.7 Å². The number of amides is 1. The van der Waals surface area contributed by atoms with Crippen LogP contribution in [0.25, 0.3) is 16.9 Å². The Morgan fingerprint density at radius 2 is 2.00 bits per heavy atom. The molecule has 4 aromatic rings. The van der Waals surface area contributed by atoms with E-state index in [4.69, 9.17) is 0 Å². The highest BCUT2D eigenvalue weighted by Crippen LogP contribution is 2.28. The third-order valence-corrected chi connectivity index (χ3v) is 4.56. The molecule has 134 valence electrons. The first kappa shape index (κ1) is 17.0. The second-order valence-corrected chi connectivity index (χ2v) is 6.48. The molecule has 0 aliphatic heterocycles. The molecule has 2 aromatic heterocycles. The number of hydrogen-bond donors (Lipinski definition) is 1. The fourth-order valence-corrected chi connectivity index (χ4v) is 3.23. The van der Waals surface area contributed by atoms with E-state index < -0.39 is 11.6 Å². The molecule has 0 atom stereocenters. The van der Waals surface area contributed by atoms with Gasteiger partial charge in [-0.3, -0.25) is 10.1 Å². The highest BCUT2D eigenvalue weighted by Gasteiger charge is 2.13. The largest absolute Gasteiger partial charge is 0.298 e. The van der Waals surface area contributed by atoms with Crippen molar-refractivity contribution >= 4 is 22.4 Å². The molecule has 5 nitrogen and oxygen atoms in total. The molecular weight excluding hydrogens is 370 g/mol. The van der Waals surface area contributed by atoms with Crippen LogP contribution in [0.4, 0.5) is 13.9 Å². The van der Waals surface area contributed by atoms with Gasteiger partial charge in [-0.2, -0.15) is 5.10 Å². The van der Waals surface area contributed by atoms with E-state index in [9.17, 15) is 13.6 Å². The van der Waals surface area contributed by atoms with Gasteiger partial charge in [-0.05, 0) is 42.5 Å². The molecule has 8 heteroatoms. The molecule has 0 saturated heterocycles. The summed E-state index contributed by atoms with van der Waals surface area (Å²) in [5.41, 5.74) is 1.48. The van der Waals surface area contributed by atoms with Crippen LogP contribution in [-0.4, -0.2) is 20.7 Å². The summed E-state index contributed by atoms with van der Waals surface area (Å²) in [5.74, 6) is -1.49. The maximum absolute atomic E-state index is 13.9. The molecule has 0 aliphatic rings. The van der Waals surface area contributed by atoms with E-state index in [1.54, 1.807) is 46.7 Å². The summed E-state index contributed by atoms with van der Waals surface area (Å²) in [7, 11) is 0. The van der Waals surface area contributed by atoms with Crippen molar-refractivity contribution in [1.29, 1.82) is 0 Å². The first-order valence-electron chi connectivity index (χ1n) is 7.92. The van der Waals surface area contributed by atoms with Gasteiger partial charge >= 0.3 is 0 Å².